The Kier molecular flexibility index (Phi) is 3.39. The van der Waals surface area contributed by atoms with Gasteiger partial charge in [0.15, 0.2) is 0 Å². The quantitative estimate of drug-likeness (QED) is 0.725. The van der Waals surface area contributed by atoms with Crippen LogP contribution in [0.25, 0.3) is 0 Å². The number of hydrogen-bond donors (Lipinski definition) is 0. The largest absolute Gasteiger partial charge is 0.287 e. The second-order valence-corrected chi connectivity index (χ2v) is 12.1. The minimum atomic E-state index is 0.543. The molecule has 2 heterocycles. The summed E-state index contributed by atoms with van der Waals surface area (Å²) in [6, 6.07) is 1.68. The number of rotatable bonds is 2. The average molecular weight is 319 g/mol. The molecule has 4 bridgehead atoms. The van der Waals surface area contributed by atoms with Gasteiger partial charge in [0.2, 0.25) is 0 Å². The molecule has 132 valence electrons. The summed E-state index contributed by atoms with van der Waals surface area (Å²) in [5.41, 5.74) is 2.23. The van der Waals surface area contributed by atoms with Gasteiger partial charge in [0.1, 0.15) is 0 Å². The highest BCUT2D eigenvalue weighted by molar-refractivity contribution is 5.05. The second kappa shape index (κ2) is 4.75. The van der Waals surface area contributed by atoms with E-state index in [0.717, 1.165) is 12.1 Å². The van der Waals surface area contributed by atoms with Crippen molar-refractivity contribution in [2.75, 3.05) is 19.8 Å². The molecule has 0 spiro atoms. The van der Waals surface area contributed by atoms with Crippen LogP contribution >= 0.6 is 0 Å². The van der Waals surface area contributed by atoms with Gasteiger partial charge in [0.05, 0.1) is 6.67 Å². The minimum absolute atomic E-state index is 0.543. The zero-order chi connectivity index (χ0) is 16.7. The number of fused-ring (bicyclic) bond motifs is 4. The molecule has 2 nitrogen and oxygen atoms in total. The van der Waals surface area contributed by atoms with Crippen LogP contribution in [0.4, 0.5) is 0 Å². The second-order valence-electron chi connectivity index (χ2n) is 12.1. The van der Waals surface area contributed by atoms with E-state index in [4.69, 9.17) is 0 Å². The highest BCUT2D eigenvalue weighted by Crippen LogP contribution is 2.55. The molecule has 0 amide bonds. The highest BCUT2D eigenvalue weighted by Gasteiger charge is 2.53. The van der Waals surface area contributed by atoms with Crippen molar-refractivity contribution in [2.24, 2.45) is 21.7 Å². The summed E-state index contributed by atoms with van der Waals surface area (Å²) in [6.45, 7) is 19.0. The fraction of sp³-hybridized carbons (Fsp3) is 1.00. The van der Waals surface area contributed by atoms with Crippen LogP contribution in [0.1, 0.15) is 80.1 Å². The van der Waals surface area contributed by atoms with Gasteiger partial charge < -0.3 is 0 Å². The highest BCUT2D eigenvalue weighted by atomic mass is 15.4. The van der Waals surface area contributed by atoms with E-state index in [0.29, 0.717) is 21.7 Å². The summed E-state index contributed by atoms with van der Waals surface area (Å²) in [5.74, 6) is 0. The third-order valence-corrected chi connectivity index (χ3v) is 7.41. The molecule has 2 saturated carbocycles. The summed E-state index contributed by atoms with van der Waals surface area (Å²) < 4.78 is 0. The first-order valence-electron chi connectivity index (χ1n) is 9.95. The van der Waals surface area contributed by atoms with Crippen LogP contribution in [-0.2, 0) is 0 Å². The van der Waals surface area contributed by atoms with Gasteiger partial charge in [0.25, 0.3) is 0 Å². The third-order valence-electron chi connectivity index (χ3n) is 7.41. The Labute approximate surface area is 144 Å². The molecule has 2 aliphatic heterocycles. The summed E-state index contributed by atoms with van der Waals surface area (Å²) in [5, 5.41) is 0. The van der Waals surface area contributed by atoms with E-state index in [1.165, 1.54) is 58.3 Å². The smallest absolute Gasteiger partial charge is 0.0512 e. The molecule has 0 aromatic rings. The van der Waals surface area contributed by atoms with E-state index in [9.17, 15) is 0 Å². The zero-order valence-electron chi connectivity index (χ0n) is 16.4. The minimum Gasteiger partial charge on any atom is -0.287 e. The maximum Gasteiger partial charge on any atom is 0.0512 e. The molecule has 4 rings (SSSR count). The topological polar surface area (TPSA) is 6.48 Å². The van der Waals surface area contributed by atoms with Crippen molar-refractivity contribution in [3.05, 3.63) is 0 Å². The normalized spacial score (nSPS) is 48.8. The van der Waals surface area contributed by atoms with Gasteiger partial charge in [-0.25, -0.2) is 0 Å². The van der Waals surface area contributed by atoms with E-state index in [-0.39, 0.29) is 0 Å². The van der Waals surface area contributed by atoms with E-state index in [1.54, 1.807) is 0 Å². The lowest BCUT2D eigenvalue weighted by molar-refractivity contribution is 0.0807. The lowest BCUT2D eigenvalue weighted by Gasteiger charge is -2.40. The first-order valence-corrected chi connectivity index (χ1v) is 9.95. The van der Waals surface area contributed by atoms with E-state index < -0.39 is 0 Å². The molecule has 0 unspecified atom stereocenters. The molecular weight excluding hydrogens is 280 g/mol. The van der Waals surface area contributed by atoms with Crippen molar-refractivity contribution in [3.63, 3.8) is 0 Å². The van der Waals surface area contributed by atoms with Gasteiger partial charge in [-0.2, -0.15) is 0 Å². The maximum atomic E-state index is 2.87. The van der Waals surface area contributed by atoms with Crippen LogP contribution in [0.3, 0.4) is 0 Å². The Bertz CT molecular complexity index is 452. The van der Waals surface area contributed by atoms with Crippen molar-refractivity contribution < 1.29 is 0 Å². The summed E-state index contributed by atoms with van der Waals surface area (Å²) in [7, 11) is 0. The Morgan fingerprint density at radius 3 is 1.43 bits per heavy atom. The molecule has 0 aromatic carbocycles. The number of hydrogen-bond acceptors (Lipinski definition) is 2. The summed E-state index contributed by atoms with van der Waals surface area (Å²) in [6.07, 6.45) is 8.53. The molecule has 2 heteroatoms. The number of likely N-dealkylation sites (tertiary alicyclic amines) is 2. The molecule has 2 saturated heterocycles. The summed E-state index contributed by atoms with van der Waals surface area (Å²) >= 11 is 0. The first-order chi connectivity index (χ1) is 10.5. The fourth-order valence-corrected chi connectivity index (χ4v) is 7.72. The van der Waals surface area contributed by atoms with Crippen molar-refractivity contribution in [1.82, 2.24) is 9.80 Å². The van der Waals surface area contributed by atoms with E-state index >= 15 is 0 Å². The molecule has 4 fully saturated rings. The molecule has 4 aliphatic rings. The van der Waals surface area contributed by atoms with Crippen LogP contribution in [0, 0.1) is 21.7 Å². The fourth-order valence-electron chi connectivity index (χ4n) is 7.72. The van der Waals surface area contributed by atoms with Gasteiger partial charge in [-0.15, -0.1) is 0 Å². The Balaban J connectivity index is 1.48. The van der Waals surface area contributed by atoms with E-state index in [1.807, 2.05) is 0 Å². The van der Waals surface area contributed by atoms with Crippen molar-refractivity contribution in [1.29, 1.82) is 0 Å². The Morgan fingerprint density at radius 2 is 1.04 bits per heavy atom. The Hall–Kier alpha value is -0.0800. The SMILES string of the molecule is CC1(C)C[C@@H]2C[C@@](C)(CN2CN2C[C@@]3(C)C[C@@H]2CC(C)(C)C3)C1. The van der Waals surface area contributed by atoms with Crippen molar-refractivity contribution in [3.8, 4) is 0 Å². The lowest BCUT2D eigenvalue weighted by Crippen LogP contribution is -2.44. The zero-order valence-corrected chi connectivity index (χ0v) is 16.4. The van der Waals surface area contributed by atoms with Crippen molar-refractivity contribution >= 4 is 0 Å². The van der Waals surface area contributed by atoms with Gasteiger partial charge in [-0.3, -0.25) is 9.80 Å². The molecule has 23 heavy (non-hydrogen) atoms. The molecule has 0 N–H and O–H groups in total. The van der Waals surface area contributed by atoms with Gasteiger partial charge in [-0.1, -0.05) is 41.5 Å². The maximum absolute atomic E-state index is 2.87. The van der Waals surface area contributed by atoms with Crippen LogP contribution in [0.15, 0.2) is 0 Å². The van der Waals surface area contributed by atoms with Gasteiger partial charge >= 0.3 is 0 Å². The van der Waals surface area contributed by atoms with Crippen LogP contribution in [0.2, 0.25) is 0 Å². The molecular formula is C21H38N2. The number of nitrogens with zero attached hydrogens (tertiary/aromatic N) is 2. The van der Waals surface area contributed by atoms with Crippen LogP contribution in [0.5, 0.6) is 0 Å². The summed E-state index contributed by atoms with van der Waals surface area (Å²) in [4.78, 5) is 5.73. The standard InChI is InChI=1S/C21H38N2/c1-18(2)7-16-9-20(5,11-18)13-22(16)15-23-14-21(6)10-17(23)8-19(3,4)12-21/h16-17H,7-15H2,1-6H3/t16-,17+,20-,21+. The van der Waals surface area contributed by atoms with Crippen LogP contribution < -0.4 is 0 Å². The molecule has 0 aromatic heterocycles. The third kappa shape index (κ3) is 2.99. The molecule has 0 radical (unpaired) electrons. The van der Waals surface area contributed by atoms with E-state index in [2.05, 4.69) is 51.3 Å². The van der Waals surface area contributed by atoms with Gasteiger partial charge in [-0.05, 0) is 60.2 Å². The monoisotopic (exact) mass is 318 g/mol. The predicted molar refractivity (Wildman–Crippen MR) is 97.3 cm³/mol. The van der Waals surface area contributed by atoms with Crippen LogP contribution in [-0.4, -0.2) is 41.6 Å². The Morgan fingerprint density at radius 1 is 0.652 bits per heavy atom. The molecule has 4 atom stereocenters. The van der Waals surface area contributed by atoms with Crippen molar-refractivity contribution in [2.45, 2.75) is 92.2 Å². The first kappa shape index (κ1) is 16.4. The lowest BCUT2D eigenvalue weighted by atomic mass is 9.65. The van der Waals surface area contributed by atoms with Gasteiger partial charge in [0, 0.05) is 25.2 Å². The predicted octanol–water partition coefficient (Wildman–Crippen LogP) is 4.75. The molecule has 2 aliphatic carbocycles. The average Bonchev–Trinajstić information content (AvgIpc) is 2.67.